The molecule has 44 heavy (non-hydrogen) atoms. The Morgan fingerprint density at radius 3 is 1.66 bits per heavy atom. The molecule has 2 atom stereocenters. The lowest BCUT2D eigenvalue weighted by molar-refractivity contribution is -0.106. The predicted molar refractivity (Wildman–Crippen MR) is 167 cm³/mol. The summed E-state index contributed by atoms with van der Waals surface area (Å²) in [4.78, 5) is 6.88. The molecule has 10 heteroatoms. The first-order chi connectivity index (χ1) is 21.3. The van der Waals surface area contributed by atoms with Crippen molar-refractivity contribution in [2.75, 3.05) is 13.2 Å². The van der Waals surface area contributed by atoms with E-state index in [1.54, 1.807) is 12.1 Å². The van der Waals surface area contributed by atoms with Crippen LogP contribution in [0.15, 0.2) is 117 Å². The zero-order valence-electron chi connectivity index (χ0n) is 24.7. The second-order valence-corrected chi connectivity index (χ2v) is 13.9. The van der Waals surface area contributed by atoms with Gasteiger partial charge in [0.05, 0.1) is 18.1 Å². The highest BCUT2D eigenvalue weighted by Crippen LogP contribution is 2.33. The Morgan fingerprint density at radius 1 is 0.727 bits per heavy atom. The summed E-state index contributed by atoms with van der Waals surface area (Å²) in [7, 11) is -4.60. The van der Waals surface area contributed by atoms with Crippen LogP contribution in [-0.2, 0) is 30.5 Å². The van der Waals surface area contributed by atoms with Crippen LogP contribution in [0.4, 0.5) is 0 Å². The van der Waals surface area contributed by atoms with Gasteiger partial charge in [-0.05, 0) is 99.3 Å². The van der Waals surface area contributed by atoms with E-state index in [9.17, 15) is 13.0 Å². The summed E-state index contributed by atoms with van der Waals surface area (Å²) in [6.45, 7) is 3.37. The van der Waals surface area contributed by atoms with Gasteiger partial charge in [-0.15, -0.1) is 0 Å². The van der Waals surface area contributed by atoms with E-state index >= 15 is 0 Å². The minimum atomic E-state index is -4.27. The van der Waals surface area contributed by atoms with Crippen molar-refractivity contribution >= 4 is 21.0 Å². The third kappa shape index (κ3) is 9.30. The van der Waals surface area contributed by atoms with Crippen molar-refractivity contribution in [3.8, 4) is 11.5 Å². The second-order valence-electron chi connectivity index (χ2n) is 10.5. The van der Waals surface area contributed by atoms with Crippen LogP contribution in [0, 0.1) is 6.92 Å². The summed E-state index contributed by atoms with van der Waals surface area (Å²) in [5, 5.41) is 1.03. The molecule has 0 bridgehead atoms. The highest BCUT2D eigenvalue weighted by molar-refractivity contribution is 7.97. The van der Waals surface area contributed by atoms with Gasteiger partial charge in [0.15, 0.2) is 22.4 Å². The molecule has 2 fully saturated rings. The Balaban J connectivity index is 0.000000296. The topological polar surface area (TPSA) is 107 Å². The summed E-state index contributed by atoms with van der Waals surface area (Å²) >= 11 is 0. The lowest BCUT2D eigenvalue weighted by Crippen LogP contribution is -2.25. The largest absolute Gasteiger partial charge is 0.744 e. The molecule has 0 aliphatic carbocycles. The predicted octanol–water partition coefficient (Wildman–Crippen LogP) is 6.89. The van der Waals surface area contributed by atoms with Gasteiger partial charge >= 0.3 is 0 Å². The number of rotatable bonds is 8. The quantitative estimate of drug-likeness (QED) is 0.152. The second kappa shape index (κ2) is 15.5. The van der Waals surface area contributed by atoms with Crippen molar-refractivity contribution in [2.24, 2.45) is 0 Å². The molecule has 2 saturated heterocycles. The number of ether oxygens (including phenoxy) is 4. The molecule has 0 amide bonds. The van der Waals surface area contributed by atoms with Crippen LogP contribution in [0.5, 0.6) is 11.5 Å². The highest BCUT2D eigenvalue weighted by Gasteiger charge is 2.30. The third-order valence-corrected chi connectivity index (χ3v) is 10.1. The van der Waals surface area contributed by atoms with Crippen LogP contribution in [0.2, 0.25) is 0 Å². The molecule has 4 aromatic rings. The molecule has 3 heterocycles. The molecule has 232 valence electrons. The number of benzene rings is 3. The Labute approximate surface area is 262 Å². The van der Waals surface area contributed by atoms with Gasteiger partial charge < -0.3 is 23.5 Å². The summed E-state index contributed by atoms with van der Waals surface area (Å²) in [5.74, 6) is 1.68. The monoisotopic (exact) mass is 635 g/mol. The molecule has 1 aromatic heterocycles. The normalized spacial score (nSPS) is 19.2. The van der Waals surface area contributed by atoms with Crippen LogP contribution in [-0.4, -0.2) is 43.7 Å². The maximum absolute atomic E-state index is 10.4. The smallest absolute Gasteiger partial charge is 0.258 e. The third-order valence-electron chi connectivity index (χ3n) is 7.09. The molecule has 6 rings (SSSR count). The Morgan fingerprint density at radius 2 is 1.25 bits per heavy atom. The van der Waals surface area contributed by atoms with E-state index in [0.29, 0.717) is 0 Å². The molecular weight excluding hydrogens is 599 g/mol. The van der Waals surface area contributed by atoms with Gasteiger partial charge in [-0.25, -0.2) is 13.4 Å². The van der Waals surface area contributed by atoms with Crippen molar-refractivity contribution in [2.45, 2.75) is 77.7 Å². The lowest BCUT2D eigenvalue weighted by Gasteiger charge is -2.23. The fraction of sp³-hybridized carbons (Fsp3) is 0.324. The molecule has 3 aromatic carbocycles. The molecular formula is C34H37NO7S2. The highest BCUT2D eigenvalue weighted by atomic mass is 32.2. The summed E-state index contributed by atoms with van der Waals surface area (Å²) in [5.41, 5.74) is 0.928. The summed E-state index contributed by atoms with van der Waals surface area (Å²) in [6, 6.07) is 28.5. The number of pyridine rings is 1. The first-order valence-electron chi connectivity index (χ1n) is 14.8. The van der Waals surface area contributed by atoms with Gasteiger partial charge in [-0.3, -0.25) is 0 Å². The van der Waals surface area contributed by atoms with Crippen molar-refractivity contribution in [3.05, 3.63) is 103 Å². The number of aryl methyl sites for hydroxylation is 1. The Kier molecular flexibility index (Phi) is 11.3. The van der Waals surface area contributed by atoms with Crippen LogP contribution in [0.25, 0.3) is 0 Å². The molecule has 0 N–H and O–H groups in total. The number of hydrogen-bond acceptors (Lipinski definition) is 8. The van der Waals surface area contributed by atoms with Crippen LogP contribution in [0.3, 0.4) is 0 Å². The standard InChI is InChI=1S/C27H30NO4S.C7H8O3S/c1-4-18-28-25(7-1)33(23-14-10-21(11-15-23)31-26-8-2-5-19-29-26)24-16-12-22(13-17-24)32-27-9-3-6-20-30-27;1-6-2-4-7(5-3-6)11(8,9)10/h1,4,7,10-18,26-27H,2-3,5-6,8-9,19-20H2;2-5H,1H3,(H,8,9,10)/q+1;/p-1. The van der Waals surface area contributed by atoms with Crippen molar-refractivity contribution in [3.63, 3.8) is 0 Å². The molecule has 2 aliphatic rings. The fourth-order valence-corrected chi connectivity index (χ4v) is 7.19. The van der Waals surface area contributed by atoms with E-state index in [2.05, 4.69) is 35.3 Å². The minimum Gasteiger partial charge on any atom is -0.744 e. The molecule has 0 spiro atoms. The van der Waals surface area contributed by atoms with Gasteiger partial charge in [0, 0.05) is 25.1 Å². The summed E-state index contributed by atoms with van der Waals surface area (Å²) in [6.07, 6.45) is 7.99. The van der Waals surface area contributed by atoms with Gasteiger partial charge in [0.25, 0.3) is 5.03 Å². The van der Waals surface area contributed by atoms with E-state index in [0.717, 1.165) is 73.8 Å². The van der Waals surface area contributed by atoms with Gasteiger partial charge in [0.2, 0.25) is 0 Å². The average Bonchev–Trinajstić information content (AvgIpc) is 3.04. The van der Waals surface area contributed by atoms with Crippen molar-refractivity contribution in [1.82, 2.24) is 4.98 Å². The minimum absolute atomic E-state index is 0.140. The molecule has 8 nitrogen and oxygen atoms in total. The van der Waals surface area contributed by atoms with Crippen LogP contribution >= 0.6 is 0 Å². The number of hydrogen-bond donors (Lipinski definition) is 0. The lowest BCUT2D eigenvalue weighted by atomic mass is 10.2. The van der Waals surface area contributed by atoms with Gasteiger partial charge in [0.1, 0.15) is 32.5 Å². The maximum atomic E-state index is 10.4. The van der Waals surface area contributed by atoms with E-state index < -0.39 is 10.1 Å². The number of aromatic nitrogens is 1. The maximum Gasteiger partial charge on any atom is 0.258 e. The summed E-state index contributed by atoms with van der Waals surface area (Å²) < 4.78 is 54.6. The van der Waals surface area contributed by atoms with Gasteiger partial charge in [-0.1, -0.05) is 23.8 Å². The average molecular weight is 636 g/mol. The van der Waals surface area contributed by atoms with Crippen LogP contribution < -0.4 is 9.47 Å². The Bertz CT molecular complexity index is 1470. The van der Waals surface area contributed by atoms with E-state index in [1.165, 1.54) is 21.9 Å². The van der Waals surface area contributed by atoms with E-state index in [-0.39, 0.29) is 28.4 Å². The molecule has 2 unspecified atom stereocenters. The zero-order valence-corrected chi connectivity index (χ0v) is 26.3. The SMILES string of the molecule is Cc1ccc(S(=O)(=O)[O-])cc1.c1ccc([S+](c2ccc(OC3CCCCO3)cc2)c2ccc(OC3CCCCO3)cc2)nc1. The fourth-order valence-electron chi connectivity index (χ4n) is 4.77. The molecule has 0 saturated carbocycles. The zero-order chi connectivity index (χ0) is 30.8. The first kappa shape index (κ1) is 32.0. The van der Waals surface area contributed by atoms with E-state index in [4.69, 9.17) is 18.9 Å². The van der Waals surface area contributed by atoms with Gasteiger partial charge in [-0.2, -0.15) is 0 Å². The van der Waals surface area contributed by atoms with Crippen molar-refractivity contribution in [1.29, 1.82) is 0 Å². The van der Waals surface area contributed by atoms with Crippen molar-refractivity contribution < 1.29 is 31.9 Å². The van der Waals surface area contributed by atoms with Crippen LogP contribution in [0.1, 0.15) is 44.1 Å². The van der Waals surface area contributed by atoms with E-state index in [1.807, 2.05) is 49.5 Å². The molecule has 0 radical (unpaired) electrons. The molecule has 2 aliphatic heterocycles. The Hall–Kier alpha value is -3.41. The first-order valence-corrected chi connectivity index (χ1v) is 17.4. The number of nitrogens with zero attached hydrogens (tertiary/aromatic N) is 1.